The second kappa shape index (κ2) is 12.5. The first-order valence-corrected chi connectivity index (χ1v) is 11.7. The molecule has 35 heavy (non-hydrogen) atoms. The number of carbonyl (C=O) groups excluding carboxylic acids is 2. The van der Waals surface area contributed by atoms with Gasteiger partial charge in [0.1, 0.15) is 18.9 Å². The minimum atomic E-state index is -0.207. The Bertz CT molecular complexity index is 1110. The molecule has 0 saturated carbocycles. The summed E-state index contributed by atoms with van der Waals surface area (Å²) >= 11 is 0. The van der Waals surface area contributed by atoms with E-state index >= 15 is 0 Å². The molecule has 0 bridgehead atoms. The number of aromatic nitrogens is 3. The molecular formula is C26H33N5O4. The lowest BCUT2D eigenvalue weighted by Gasteiger charge is -2.17. The molecule has 0 aliphatic rings. The average molecular weight is 480 g/mol. The third-order valence-corrected chi connectivity index (χ3v) is 5.27. The van der Waals surface area contributed by atoms with Gasteiger partial charge in [0.05, 0.1) is 31.5 Å². The van der Waals surface area contributed by atoms with E-state index in [9.17, 15) is 9.59 Å². The number of anilines is 1. The number of likely N-dealkylation sites (N-methyl/N-ethyl adjacent to an activating group) is 1. The van der Waals surface area contributed by atoms with Crippen LogP contribution in [0.15, 0.2) is 54.9 Å². The van der Waals surface area contributed by atoms with E-state index in [-0.39, 0.29) is 31.4 Å². The van der Waals surface area contributed by atoms with Gasteiger partial charge < -0.3 is 19.7 Å². The van der Waals surface area contributed by atoms with Crippen molar-refractivity contribution in [1.82, 2.24) is 19.7 Å². The highest BCUT2D eigenvalue weighted by atomic mass is 16.5. The summed E-state index contributed by atoms with van der Waals surface area (Å²) < 4.78 is 12.8. The van der Waals surface area contributed by atoms with Crippen molar-refractivity contribution in [2.75, 3.05) is 32.1 Å². The first kappa shape index (κ1) is 25.7. The number of benzene rings is 1. The fourth-order valence-electron chi connectivity index (χ4n) is 3.14. The second-order valence-corrected chi connectivity index (χ2v) is 8.61. The normalized spacial score (nSPS) is 10.8. The predicted molar refractivity (Wildman–Crippen MR) is 134 cm³/mol. The van der Waals surface area contributed by atoms with Crippen molar-refractivity contribution >= 4 is 17.5 Å². The molecule has 0 aliphatic heterocycles. The molecular weight excluding hydrogens is 446 g/mol. The maximum atomic E-state index is 12.5. The summed E-state index contributed by atoms with van der Waals surface area (Å²) in [6.07, 6.45) is 3.31. The predicted octanol–water partition coefficient (Wildman–Crippen LogP) is 3.65. The maximum Gasteiger partial charge on any atom is 0.244 e. The summed E-state index contributed by atoms with van der Waals surface area (Å²) in [5.74, 6) is 1.26. The van der Waals surface area contributed by atoms with Crippen molar-refractivity contribution in [3.63, 3.8) is 0 Å². The molecule has 0 spiro atoms. The van der Waals surface area contributed by atoms with Crippen LogP contribution in [0.5, 0.6) is 11.6 Å². The largest absolute Gasteiger partial charge is 0.492 e. The van der Waals surface area contributed by atoms with Gasteiger partial charge in [-0.05, 0) is 31.0 Å². The Labute approximate surface area is 206 Å². The quantitative estimate of drug-likeness (QED) is 0.426. The number of nitrogens with zero attached hydrogens (tertiary/aromatic N) is 4. The molecule has 0 radical (unpaired) electrons. The Kier molecular flexibility index (Phi) is 9.23. The standard InChI is InChI=1S/C26H33N5O4/c1-19(2)23-6-5-7-25(29-23)35-14-12-24(32)28-21-16-27-31(17-21)18-26(33)30(4)13-15-34-22-10-8-20(3)9-11-22/h5-11,16-17,19H,12-15,18H2,1-4H3,(H,28,32). The van der Waals surface area contributed by atoms with E-state index in [0.717, 1.165) is 17.0 Å². The summed E-state index contributed by atoms with van der Waals surface area (Å²) in [6.45, 7) is 7.26. The highest BCUT2D eigenvalue weighted by Gasteiger charge is 2.12. The SMILES string of the molecule is Cc1ccc(OCCN(C)C(=O)Cn2cc(NC(=O)CCOc3cccc(C(C)C)n3)cn2)cc1. The summed E-state index contributed by atoms with van der Waals surface area (Å²) in [7, 11) is 1.72. The number of pyridine rings is 1. The van der Waals surface area contributed by atoms with Gasteiger partial charge in [-0.25, -0.2) is 4.98 Å². The monoisotopic (exact) mass is 479 g/mol. The van der Waals surface area contributed by atoms with Crippen molar-refractivity contribution in [3.8, 4) is 11.6 Å². The van der Waals surface area contributed by atoms with Crippen molar-refractivity contribution in [3.05, 3.63) is 66.1 Å². The van der Waals surface area contributed by atoms with Crippen LogP contribution in [0.3, 0.4) is 0 Å². The molecule has 0 fully saturated rings. The molecule has 2 heterocycles. The third-order valence-electron chi connectivity index (χ3n) is 5.27. The topological polar surface area (TPSA) is 98.6 Å². The molecule has 2 amide bonds. The minimum Gasteiger partial charge on any atom is -0.492 e. The highest BCUT2D eigenvalue weighted by molar-refractivity contribution is 5.90. The number of ether oxygens (including phenoxy) is 2. The molecule has 9 heteroatoms. The Balaban J connectivity index is 1.37. The van der Waals surface area contributed by atoms with Crippen molar-refractivity contribution < 1.29 is 19.1 Å². The maximum absolute atomic E-state index is 12.5. The van der Waals surface area contributed by atoms with E-state index in [1.165, 1.54) is 10.9 Å². The van der Waals surface area contributed by atoms with Crippen molar-refractivity contribution in [2.45, 2.75) is 39.7 Å². The van der Waals surface area contributed by atoms with Gasteiger partial charge in [0.15, 0.2) is 0 Å². The summed E-state index contributed by atoms with van der Waals surface area (Å²) in [6, 6.07) is 13.4. The number of nitrogens with one attached hydrogen (secondary N) is 1. The Morgan fingerprint density at radius 1 is 1.09 bits per heavy atom. The fraction of sp³-hybridized carbons (Fsp3) is 0.385. The van der Waals surface area contributed by atoms with Crippen LogP contribution in [0.25, 0.3) is 0 Å². The first-order chi connectivity index (χ1) is 16.8. The van der Waals surface area contributed by atoms with Gasteiger partial charge in [-0.1, -0.05) is 37.6 Å². The van der Waals surface area contributed by atoms with E-state index in [1.54, 1.807) is 24.2 Å². The number of aryl methyl sites for hydroxylation is 1. The Morgan fingerprint density at radius 3 is 2.60 bits per heavy atom. The van der Waals surface area contributed by atoms with Crippen LogP contribution in [0.1, 0.15) is 37.4 Å². The molecule has 2 aromatic heterocycles. The Hall–Kier alpha value is -3.88. The number of amides is 2. The second-order valence-electron chi connectivity index (χ2n) is 8.61. The van der Waals surface area contributed by atoms with Gasteiger partial charge in [0.25, 0.3) is 0 Å². The third kappa shape index (κ3) is 8.44. The highest BCUT2D eigenvalue weighted by Crippen LogP contribution is 2.15. The lowest BCUT2D eigenvalue weighted by atomic mass is 10.1. The number of rotatable bonds is 12. The zero-order valence-corrected chi connectivity index (χ0v) is 20.7. The van der Waals surface area contributed by atoms with Crippen molar-refractivity contribution in [2.24, 2.45) is 0 Å². The molecule has 0 aliphatic carbocycles. The van der Waals surface area contributed by atoms with Crippen molar-refractivity contribution in [1.29, 1.82) is 0 Å². The number of hydrogen-bond donors (Lipinski definition) is 1. The molecule has 0 saturated heterocycles. The number of hydrogen-bond acceptors (Lipinski definition) is 6. The zero-order valence-electron chi connectivity index (χ0n) is 20.7. The fourth-order valence-corrected chi connectivity index (χ4v) is 3.14. The van der Waals surface area contributed by atoms with Crippen LogP contribution in [-0.4, -0.2) is 58.3 Å². The zero-order chi connectivity index (χ0) is 25.2. The summed E-state index contributed by atoms with van der Waals surface area (Å²) in [5, 5.41) is 6.93. The van der Waals surface area contributed by atoms with Gasteiger partial charge in [-0.2, -0.15) is 5.10 Å². The molecule has 9 nitrogen and oxygen atoms in total. The van der Waals surface area contributed by atoms with E-state index in [1.807, 2.05) is 43.3 Å². The van der Waals surface area contributed by atoms with Crippen LogP contribution in [0.4, 0.5) is 5.69 Å². The van der Waals surface area contributed by atoms with E-state index in [2.05, 4.69) is 29.2 Å². The van der Waals surface area contributed by atoms with Gasteiger partial charge in [-0.3, -0.25) is 14.3 Å². The summed E-state index contributed by atoms with van der Waals surface area (Å²) in [4.78, 5) is 30.7. The summed E-state index contributed by atoms with van der Waals surface area (Å²) in [5.41, 5.74) is 2.63. The molecule has 3 aromatic rings. The van der Waals surface area contributed by atoms with Crippen LogP contribution < -0.4 is 14.8 Å². The first-order valence-electron chi connectivity index (χ1n) is 11.7. The Morgan fingerprint density at radius 2 is 1.86 bits per heavy atom. The van der Waals surface area contributed by atoms with Gasteiger partial charge in [0, 0.05) is 25.0 Å². The smallest absolute Gasteiger partial charge is 0.244 e. The van der Waals surface area contributed by atoms with E-state index in [4.69, 9.17) is 9.47 Å². The van der Waals surface area contributed by atoms with E-state index < -0.39 is 0 Å². The average Bonchev–Trinajstić information content (AvgIpc) is 3.26. The van der Waals surface area contributed by atoms with Gasteiger partial charge >= 0.3 is 0 Å². The molecule has 0 atom stereocenters. The van der Waals surface area contributed by atoms with Crippen LogP contribution in [0, 0.1) is 6.92 Å². The van der Waals surface area contributed by atoms with Crippen LogP contribution in [0.2, 0.25) is 0 Å². The lowest BCUT2D eigenvalue weighted by molar-refractivity contribution is -0.131. The van der Waals surface area contributed by atoms with E-state index in [0.29, 0.717) is 30.6 Å². The molecule has 3 rings (SSSR count). The lowest BCUT2D eigenvalue weighted by Crippen LogP contribution is -2.33. The minimum absolute atomic E-state index is 0.0673. The van der Waals surface area contributed by atoms with Crippen LogP contribution in [-0.2, 0) is 16.1 Å². The molecule has 1 aromatic carbocycles. The van der Waals surface area contributed by atoms with Gasteiger partial charge in [0.2, 0.25) is 17.7 Å². The molecule has 186 valence electrons. The number of carbonyl (C=O) groups is 2. The van der Waals surface area contributed by atoms with Crippen LogP contribution >= 0.6 is 0 Å². The molecule has 1 N–H and O–H groups in total. The molecule has 0 unspecified atom stereocenters. The van der Waals surface area contributed by atoms with Gasteiger partial charge in [-0.15, -0.1) is 0 Å².